The van der Waals surface area contributed by atoms with Crippen molar-refractivity contribution >= 4 is 11.8 Å². The third-order valence-electron chi connectivity index (χ3n) is 2.08. The second kappa shape index (κ2) is 5.01. The number of ether oxygens (including phenoxy) is 1. The Morgan fingerprint density at radius 3 is 3.09 bits per heavy atom. The van der Waals surface area contributed by atoms with Crippen molar-refractivity contribution in [3.8, 4) is 0 Å². The molecule has 0 aromatic heterocycles. The Morgan fingerprint density at radius 1 is 1.73 bits per heavy atom. The van der Waals surface area contributed by atoms with Gasteiger partial charge in [0.25, 0.3) is 0 Å². The summed E-state index contributed by atoms with van der Waals surface area (Å²) in [5.74, 6) is 3.21. The minimum absolute atomic E-state index is 0.268. The van der Waals surface area contributed by atoms with E-state index >= 15 is 0 Å². The normalized spacial score (nSPS) is 27.3. The molecule has 1 rings (SSSR count). The Balaban J connectivity index is 2.12. The summed E-state index contributed by atoms with van der Waals surface area (Å²) >= 11 is 2.01. The summed E-state index contributed by atoms with van der Waals surface area (Å²) < 4.78 is 5.27. The van der Waals surface area contributed by atoms with Crippen molar-refractivity contribution in [2.75, 3.05) is 24.7 Å². The van der Waals surface area contributed by atoms with Crippen LogP contribution in [0.1, 0.15) is 13.3 Å². The molecule has 1 heterocycles. The summed E-state index contributed by atoms with van der Waals surface area (Å²) in [6, 6.07) is 0.268. The van der Waals surface area contributed by atoms with E-state index in [4.69, 9.17) is 10.5 Å². The maximum atomic E-state index is 5.93. The molecular weight excluding hydrogens is 158 g/mol. The van der Waals surface area contributed by atoms with E-state index < -0.39 is 0 Å². The van der Waals surface area contributed by atoms with Crippen LogP contribution in [-0.4, -0.2) is 30.8 Å². The number of hydrogen-bond donors (Lipinski definition) is 1. The third kappa shape index (κ3) is 3.01. The van der Waals surface area contributed by atoms with Gasteiger partial charge in [-0.15, -0.1) is 0 Å². The van der Waals surface area contributed by atoms with E-state index in [0.29, 0.717) is 5.92 Å². The number of hydrogen-bond acceptors (Lipinski definition) is 3. The van der Waals surface area contributed by atoms with E-state index in [2.05, 4.69) is 0 Å². The van der Waals surface area contributed by atoms with Gasteiger partial charge in [-0.2, -0.15) is 11.8 Å². The lowest BCUT2D eigenvalue weighted by atomic mass is 10.0. The third-order valence-corrected chi connectivity index (χ3v) is 3.27. The van der Waals surface area contributed by atoms with Gasteiger partial charge in [-0.25, -0.2) is 0 Å². The molecule has 0 aromatic carbocycles. The zero-order chi connectivity index (χ0) is 8.10. The molecule has 0 spiro atoms. The summed E-state index contributed by atoms with van der Waals surface area (Å²) in [7, 11) is 0. The fourth-order valence-corrected chi connectivity index (χ4v) is 2.63. The number of thioether (sulfide) groups is 1. The van der Waals surface area contributed by atoms with Gasteiger partial charge in [0.05, 0.1) is 6.61 Å². The summed E-state index contributed by atoms with van der Waals surface area (Å²) in [6.45, 7) is 3.53. The van der Waals surface area contributed by atoms with Gasteiger partial charge in [-0.3, -0.25) is 0 Å². The highest BCUT2D eigenvalue weighted by atomic mass is 32.2. The Hall–Kier alpha value is 0.270. The second-order valence-electron chi connectivity index (χ2n) is 2.95. The Kier molecular flexibility index (Phi) is 4.26. The van der Waals surface area contributed by atoms with E-state index in [0.717, 1.165) is 13.2 Å². The first-order chi connectivity index (χ1) is 5.34. The molecule has 0 aliphatic carbocycles. The molecule has 2 N–H and O–H groups in total. The predicted molar refractivity (Wildman–Crippen MR) is 49.9 cm³/mol. The van der Waals surface area contributed by atoms with E-state index in [9.17, 15) is 0 Å². The fourth-order valence-electron chi connectivity index (χ4n) is 1.28. The molecule has 0 amide bonds. The Bertz CT molecular complexity index is 104. The summed E-state index contributed by atoms with van der Waals surface area (Å²) in [5, 5.41) is 0. The highest BCUT2D eigenvalue weighted by molar-refractivity contribution is 7.99. The molecule has 66 valence electrons. The first-order valence-electron chi connectivity index (χ1n) is 4.25. The molecule has 0 saturated carbocycles. The van der Waals surface area contributed by atoms with Gasteiger partial charge >= 0.3 is 0 Å². The lowest BCUT2D eigenvalue weighted by Gasteiger charge is -2.17. The molecule has 2 nitrogen and oxygen atoms in total. The van der Waals surface area contributed by atoms with Crippen molar-refractivity contribution in [1.29, 1.82) is 0 Å². The van der Waals surface area contributed by atoms with Gasteiger partial charge in [-0.1, -0.05) is 0 Å². The van der Waals surface area contributed by atoms with Crippen LogP contribution in [0.15, 0.2) is 0 Å². The summed E-state index contributed by atoms with van der Waals surface area (Å²) in [4.78, 5) is 0. The van der Waals surface area contributed by atoms with Crippen molar-refractivity contribution in [2.45, 2.75) is 19.4 Å². The van der Waals surface area contributed by atoms with E-state index in [1.165, 1.54) is 17.9 Å². The molecule has 0 aromatic rings. The highest BCUT2D eigenvalue weighted by Crippen LogP contribution is 2.25. The molecule has 1 aliphatic rings. The quantitative estimate of drug-likeness (QED) is 0.695. The SMILES string of the molecule is CCOCC(N)C1CCSC1. The first kappa shape index (κ1) is 9.36. The second-order valence-corrected chi connectivity index (χ2v) is 4.10. The maximum absolute atomic E-state index is 5.93. The minimum atomic E-state index is 0.268. The van der Waals surface area contributed by atoms with E-state index in [-0.39, 0.29) is 6.04 Å². The molecule has 1 saturated heterocycles. The van der Waals surface area contributed by atoms with Crippen molar-refractivity contribution in [3.05, 3.63) is 0 Å². The summed E-state index contributed by atoms with van der Waals surface area (Å²) in [6.07, 6.45) is 1.28. The summed E-state index contributed by atoms with van der Waals surface area (Å²) in [5.41, 5.74) is 5.93. The molecule has 3 heteroatoms. The van der Waals surface area contributed by atoms with Crippen molar-refractivity contribution in [2.24, 2.45) is 11.7 Å². The standard InChI is InChI=1S/C8H17NOS/c1-2-10-5-8(9)7-3-4-11-6-7/h7-8H,2-6,9H2,1H3. The van der Waals surface area contributed by atoms with E-state index in [1.807, 2.05) is 18.7 Å². The molecule has 1 fully saturated rings. The zero-order valence-corrected chi connectivity index (χ0v) is 7.90. The van der Waals surface area contributed by atoms with Crippen LogP contribution in [0.3, 0.4) is 0 Å². The largest absolute Gasteiger partial charge is 0.380 e. The number of rotatable bonds is 4. The lowest BCUT2D eigenvalue weighted by Crippen LogP contribution is -2.34. The van der Waals surface area contributed by atoms with Gasteiger partial charge in [0, 0.05) is 12.6 Å². The molecule has 2 unspecified atom stereocenters. The van der Waals surface area contributed by atoms with Gasteiger partial charge in [0.1, 0.15) is 0 Å². The van der Waals surface area contributed by atoms with Crippen LogP contribution in [0.5, 0.6) is 0 Å². The van der Waals surface area contributed by atoms with Gasteiger partial charge in [-0.05, 0) is 30.8 Å². The molecule has 2 atom stereocenters. The van der Waals surface area contributed by atoms with Crippen LogP contribution in [-0.2, 0) is 4.74 Å². The Labute approximate surface area is 72.9 Å². The first-order valence-corrected chi connectivity index (χ1v) is 5.41. The van der Waals surface area contributed by atoms with E-state index in [1.54, 1.807) is 0 Å². The molecule has 11 heavy (non-hydrogen) atoms. The smallest absolute Gasteiger partial charge is 0.0620 e. The minimum Gasteiger partial charge on any atom is -0.380 e. The van der Waals surface area contributed by atoms with Crippen LogP contribution < -0.4 is 5.73 Å². The topological polar surface area (TPSA) is 35.2 Å². The van der Waals surface area contributed by atoms with Crippen LogP contribution in [0.4, 0.5) is 0 Å². The lowest BCUT2D eigenvalue weighted by molar-refractivity contribution is 0.120. The average molecular weight is 175 g/mol. The van der Waals surface area contributed by atoms with Crippen LogP contribution in [0, 0.1) is 5.92 Å². The van der Waals surface area contributed by atoms with Gasteiger partial charge < -0.3 is 10.5 Å². The van der Waals surface area contributed by atoms with Crippen molar-refractivity contribution in [1.82, 2.24) is 0 Å². The van der Waals surface area contributed by atoms with Crippen molar-refractivity contribution < 1.29 is 4.74 Å². The predicted octanol–water partition coefficient (Wildman–Crippen LogP) is 1.10. The van der Waals surface area contributed by atoms with Gasteiger partial charge in [0.2, 0.25) is 0 Å². The van der Waals surface area contributed by atoms with Gasteiger partial charge in [0.15, 0.2) is 0 Å². The zero-order valence-electron chi connectivity index (χ0n) is 7.08. The molecule has 0 bridgehead atoms. The van der Waals surface area contributed by atoms with Crippen LogP contribution >= 0.6 is 11.8 Å². The number of nitrogens with two attached hydrogens (primary N) is 1. The molecule has 0 radical (unpaired) electrons. The highest BCUT2D eigenvalue weighted by Gasteiger charge is 2.21. The monoisotopic (exact) mass is 175 g/mol. The van der Waals surface area contributed by atoms with Crippen molar-refractivity contribution in [3.63, 3.8) is 0 Å². The molecule has 1 aliphatic heterocycles. The fraction of sp³-hybridized carbons (Fsp3) is 1.00. The maximum Gasteiger partial charge on any atom is 0.0620 e. The van der Waals surface area contributed by atoms with Crippen LogP contribution in [0.2, 0.25) is 0 Å². The van der Waals surface area contributed by atoms with Crippen LogP contribution in [0.25, 0.3) is 0 Å². The molecular formula is C8H17NOS. The average Bonchev–Trinajstić information content (AvgIpc) is 2.52. The Morgan fingerprint density at radius 2 is 2.55 bits per heavy atom.